The Labute approximate surface area is 131 Å². The second kappa shape index (κ2) is 6.98. The molecule has 0 spiro atoms. The van der Waals surface area contributed by atoms with Gasteiger partial charge in [0.1, 0.15) is 5.52 Å². The highest BCUT2D eigenvalue weighted by molar-refractivity contribution is 5.85. The minimum Gasteiger partial charge on any atom is -0.377 e. The maximum absolute atomic E-state index is 5.63. The highest BCUT2D eigenvalue weighted by atomic mass is 16.5. The maximum Gasteiger partial charge on any atom is 0.156 e. The number of fused-ring (bicyclic) bond motifs is 1. The van der Waals surface area contributed by atoms with Crippen LogP contribution in [-0.2, 0) is 4.74 Å². The van der Waals surface area contributed by atoms with E-state index in [4.69, 9.17) is 4.74 Å². The number of pyridine rings is 1. The van der Waals surface area contributed by atoms with E-state index < -0.39 is 0 Å². The van der Waals surface area contributed by atoms with E-state index in [1.54, 1.807) is 12.4 Å². The van der Waals surface area contributed by atoms with Crippen molar-refractivity contribution < 1.29 is 4.74 Å². The van der Waals surface area contributed by atoms with Crippen molar-refractivity contribution in [2.75, 3.05) is 44.2 Å². The molecule has 0 aromatic carbocycles. The Bertz CT molecular complexity index is 605. The van der Waals surface area contributed by atoms with Crippen molar-refractivity contribution in [3.8, 4) is 0 Å². The average molecular weight is 301 g/mol. The van der Waals surface area contributed by atoms with Crippen molar-refractivity contribution in [1.82, 2.24) is 19.9 Å². The van der Waals surface area contributed by atoms with E-state index in [1.807, 2.05) is 12.3 Å². The fraction of sp³-hybridized carbons (Fsp3) is 0.562. The molecule has 6 heteroatoms. The Morgan fingerprint density at radius 2 is 1.82 bits per heavy atom. The molecule has 0 atom stereocenters. The summed E-state index contributed by atoms with van der Waals surface area (Å²) < 4.78 is 5.63. The number of rotatable bonds is 5. The molecule has 0 radical (unpaired) electrons. The molecule has 118 valence electrons. The molecule has 2 aromatic heterocycles. The Hall–Kier alpha value is -1.79. The molecular formula is C16H23N5O. The monoisotopic (exact) mass is 301 g/mol. The van der Waals surface area contributed by atoms with E-state index in [9.17, 15) is 0 Å². The Kier molecular flexibility index (Phi) is 4.80. The van der Waals surface area contributed by atoms with Crippen molar-refractivity contribution in [3.05, 3.63) is 24.7 Å². The van der Waals surface area contributed by atoms with Gasteiger partial charge in [0.2, 0.25) is 0 Å². The van der Waals surface area contributed by atoms with E-state index >= 15 is 0 Å². The molecule has 1 saturated heterocycles. The summed E-state index contributed by atoms with van der Waals surface area (Å²) in [7, 11) is 0. The smallest absolute Gasteiger partial charge is 0.156 e. The van der Waals surface area contributed by atoms with E-state index in [0.717, 1.165) is 56.2 Å². The van der Waals surface area contributed by atoms with Crippen molar-refractivity contribution in [3.63, 3.8) is 0 Å². The van der Waals surface area contributed by atoms with Crippen LogP contribution in [0.25, 0.3) is 11.0 Å². The fourth-order valence-electron chi connectivity index (χ4n) is 2.71. The standard InChI is InChI=1S/C16H23N5O/c1-13(2)22-12-11-20-7-9-21(10-8-20)16-15-14(3-4-19-16)17-5-6-18-15/h3-6,13H,7-12H2,1-2H3. The summed E-state index contributed by atoms with van der Waals surface area (Å²) in [6.07, 6.45) is 5.57. The number of hydrogen-bond donors (Lipinski definition) is 0. The zero-order chi connectivity index (χ0) is 15.4. The summed E-state index contributed by atoms with van der Waals surface area (Å²) in [5.41, 5.74) is 1.79. The molecule has 1 aliphatic rings. The van der Waals surface area contributed by atoms with E-state index in [1.165, 1.54) is 0 Å². The summed E-state index contributed by atoms with van der Waals surface area (Å²) in [5.74, 6) is 0.948. The number of piperazine rings is 1. The number of aromatic nitrogens is 3. The molecule has 6 nitrogen and oxygen atoms in total. The maximum atomic E-state index is 5.63. The topological polar surface area (TPSA) is 54.4 Å². The van der Waals surface area contributed by atoms with E-state index in [-0.39, 0.29) is 0 Å². The van der Waals surface area contributed by atoms with E-state index in [2.05, 4.69) is 38.6 Å². The molecule has 2 aromatic rings. The molecule has 0 amide bonds. The number of anilines is 1. The first-order valence-electron chi connectivity index (χ1n) is 7.88. The highest BCUT2D eigenvalue weighted by Crippen LogP contribution is 2.21. The molecule has 0 N–H and O–H groups in total. The third-order valence-corrected chi connectivity index (χ3v) is 3.90. The number of ether oxygens (including phenoxy) is 1. The van der Waals surface area contributed by atoms with Gasteiger partial charge < -0.3 is 9.64 Å². The average Bonchev–Trinajstić information content (AvgIpc) is 2.55. The normalized spacial score (nSPS) is 16.6. The summed E-state index contributed by atoms with van der Waals surface area (Å²) in [4.78, 5) is 18.1. The first-order chi connectivity index (χ1) is 10.7. The van der Waals surface area contributed by atoms with E-state index in [0.29, 0.717) is 6.10 Å². The van der Waals surface area contributed by atoms with Gasteiger partial charge in [-0.15, -0.1) is 0 Å². The zero-order valence-corrected chi connectivity index (χ0v) is 13.3. The van der Waals surface area contributed by atoms with Gasteiger partial charge in [-0.1, -0.05) is 0 Å². The van der Waals surface area contributed by atoms with Gasteiger partial charge in [0, 0.05) is 51.3 Å². The summed E-state index contributed by atoms with van der Waals surface area (Å²) in [5, 5.41) is 0. The molecule has 3 rings (SSSR count). The largest absolute Gasteiger partial charge is 0.377 e. The summed E-state index contributed by atoms with van der Waals surface area (Å²) in [6.45, 7) is 9.93. The highest BCUT2D eigenvalue weighted by Gasteiger charge is 2.20. The molecule has 0 aliphatic carbocycles. The lowest BCUT2D eigenvalue weighted by atomic mass is 10.2. The van der Waals surface area contributed by atoms with Crippen LogP contribution < -0.4 is 4.90 Å². The van der Waals surface area contributed by atoms with Gasteiger partial charge in [-0.2, -0.15) is 0 Å². The van der Waals surface area contributed by atoms with Gasteiger partial charge in [0.15, 0.2) is 5.82 Å². The summed E-state index contributed by atoms with van der Waals surface area (Å²) >= 11 is 0. The van der Waals surface area contributed by atoms with Crippen molar-refractivity contribution >= 4 is 16.9 Å². The molecule has 1 aliphatic heterocycles. The van der Waals surface area contributed by atoms with Gasteiger partial charge >= 0.3 is 0 Å². The lowest BCUT2D eigenvalue weighted by Crippen LogP contribution is -2.47. The predicted molar refractivity (Wildman–Crippen MR) is 87.1 cm³/mol. The molecule has 0 unspecified atom stereocenters. The first kappa shape index (κ1) is 15.1. The lowest BCUT2D eigenvalue weighted by molar-refractivity contribution is 0.0579. The first-order valence-corrected chi connectivity index (χ1v) is 7.88. The SMILES string of the molecule is CC(C)OCCN1CCN(c2nccc3nccnc23)CC1. The van der Waals surface area contributed by atoms with Crippen LogP contribution in [-0.4, -0.2) is 65.3 Å². The second-order valence-electron chi connectivity index (χ2n) is 5.81. The Balaban J connectivity index is 1.61. The van der Waals surface area contributed by atoms with Crippen LogP contribution >= 0.6 is 0 Å². The van der Waals surface area contributed by atoms with Crippen LogP contribution in [0.5, 0.6) is 0 Å². The minimum absolute atomic E-state index is 0.305. The third-order valence-electron chi connectivity index (χ3n) is 3.90. The molecular weight excluding hydrogens is 278 g/mol. The van der Waals surface area contributed by atoms with Crippen molar-refractivity contribution in [1.29, 1.82) is 0 Å². The predicted octanol–water partition coefficient (Wildman–Crippen LogP) is 1.57. The fourth-order valence-corrected chi connectivity index (χ4v) is 2.71. The lowest BCUT2D eigenvalue weighted by Gasteiger charge is -2.35. The van der Waals surface area contributed by atoms with Crippen molar-refractivity contribution in [2.24, 2.45) is 0 Å². The molecule has 22 heavy (non-hydrogen) atoms. The zero-order valence-electron chi connectivity index (χ0n) is 13.3. The van der Waals surface area contributed by atoms with Crippen LogP contribution in [0.1, 0.15) is 13.8 Å². The van der Waals surface area contributed by atoms with Crippen LogP contribution in [0.4, 0.5) is 5.82 Å². The van der Waals surface area contributed by atoms with Crippen LogP contribution in [0.3, 0.4) is 0 Å². The van der Waals surface area contributed by atoms with Gasteiger partial charge in [-0.05, 0) is 19.9 Å². The van der Waals surface area contributed by atoms with Crippen LogP contribution in [0, 0.1) is 0 Å². The molecule has 0 bridgehead atoms. The van der Waals surface area contributed by atoms with Gasteiger partial charge in [-0.3, -0.25) is 9.88 Å². The Morgan fingerprint density at radius 1 is 1.05 bits per heavy atom. The second-order valence-corrected chi connectivity index (χ2v) is 5.81. The number of nitrogens with zero attached hydrogens (tertiary/aromatic N) is 5. The van der Waals surface area contributed by atoms with Crippen LogP contribution in [0.15, 0.2) is 24.7 Å². The van der Waals surface area contributed by atoms with Crippen LogP contribution in [0.2, 0.25) is 0 Å². The minimum atomic E-state index is 0.305. The Morgan fingerprint density at radius 3 is 2.59 bits per heavy atom. The third kappa shape index (κ3) is 3.51. The van der Waals surface area contributed by atoms with Gasteiger partial charge in [-0.25, -0.2) is 9.97 Å². The van der Waals surface area contributed by atoms with Crippen molar-refractivity contribution in [2.45, 2.75) is 20.0 Å². The molecule has 1 fully saturated rings. The number of hydrogen-bond acceptors (Lipinski definition) is 6. The van der Waals surface area contributed by atoms with Gasteiger partial charge in [0.05, 0.1) is 18.2 Å². The quantitative estimate of drug-likeness (QED) is 0.835. The molecule has 3 heterocycles. The summed E-state index contributed by atoms with van der Waals surface area (Å²) in [6, 6.07) is 1.91. The van der Waals surface area contributed by atoms with Gasteiger partial charge in [0.25, 0.3) is 0 Å². The molecule has 0 saturated carbocycles.